The number of carbonyl (C=O) groups is 2. The first-order valence-corrected chi connectivity index (χ1v) is 8.38. The minimum absolute atomic E-state index is 0.0574. The summed E-state index contributed by atoms with van der Waals surface area (Å²) in [6.07, 6.45) is 0.988. The molecule has 2 amide bonds. The molecule has 0 radical (unpaired) electrons. The molecule has 0 saturated carbocycles. The first-order valence-electron chi connectivity index (χ1n) is 8.38. The highest BCUT2D eigenvalue weighted by atomic mass is 16.5. The Morgan fingerprint density at radius 3 is 2.52 bits per heavy atom. The molecule has 0 bridgehead atoms. The molecule has 0 atom stereocenters. The Hall–Kier alpha value is -2.82. The van der Waals surface area contributed by atoms with Gasteiger partial charge < -0.3 is 15.4 Å². The van der Waals surface area contributed by atoms with Crippen LogP contribution in [-0.2, 0) is 16.0 Å². The van der Waals surface area contributed by atoms with E-state index in [-0.39, 0.29) is 11.8 Å². The molecule has 0 aliphatic heterocycles. The van der Waals surface area contributed by atoms with Gasteiger partial charge in [0.2, 0.25) is 11.8 Å². The molecule has 5 nitrogen and oxygen atoms in total. The molecule has 2 aromatic rings. The fourth-order valence-corrected chi connectivity index (χ4v) is 2.55. The van der Waals surface area contributed by atoms with Gasteiger partial charge in [0.25, 0.3) is 0 Å². The molecule has 0 heterocycles. The number of carbonyl (C=O) groups excluding carboxylic acids is 2. The number of para-hydroxylation sites is 1. The topological polar surface area (TPSA) is 67.4 Å². The molecule has 2 rings (SSSR count). The summed E-state index contributed by atoms with van der Waals surface area (Å²) >= 11 is 0. The number of amides is 2. The molecule has 0 fully saturated rings. The molecule has 132 valence electrons. The van der Waals surface area contributed by atoms with Crippen molar-refractivity contribution in [2.24, 2.45) is 0 Å². The van der Waals surface area contributed by atoms with Crippen LogP contribution in [0.1, 0.15) is 31.4 Å². The summed E-state index contributed by atoms with van der Waals surface area (Å²) in [5.41, 5.74) is 3.39. The summed E-state index contributed by atoms with van der Waals surface area (Å²) in [6.45, 7) is 5.90. The molecule has 0 spiro atoms. The van der Waals surface area contributed by atoms with E-state index in [1.165, 1.54) is 6.92 Å². The maximum atomic E-state index is 12.2. The molecule has 0 aliphatic rings. The smallest absolute Gasteiger partial charge is 0.224 e. The van der Waals surface area contributed by atoms with E-state index in [0.29, 0.717) is 19.4 Å². The van der Waals surface area contributed by atoms with Crippen molar-refractivity contribution in [1.29, 1.82) is 0 Å². The normalized spacial score (nSPS) is 10.2. The summed E-state index contributed by atoms with van der Waals surface area (Å²) in [6, 6.07) is 13.2. The van der Waals surface area contributed by atoms with Gasteiger partial charge in [-0.1, -0.05) is 18.2 Å². The fourth-order valence-electron chi connectivity index (χ4n) is 2.55. The standard InChI is InChI=1S/C20H24N2O3/c1-4-25-19-8-6-5-7-16(19)9-12-20(24)22-17-10-11-18(14(2)13-17)21-15(3)23/h5-8,10-11,13H,4,9,12H2,1-3H3,(H,21,23)(H,22,24). The number of hydrogen-bond donors (Lipinski definition) is 2. The monoisotopic (exact) mass is 340 g/mol. The zero-order valence-electron chi connectivity index (χ0n) is 14.9. The van der Waals surface area contributed by atoms with Gasteiger partial charge in [0.15, 0.2) is 0 Å². The van der Waals surface area contributed by atoms with Crippen molar-refractivity contribution in [3.05, 3.63) is 53.6 Å². The Labute approximate surface area is 148 Å². The third-order valence-corrected chi connectivity index (χ3v) is 3.71. The highest BCUT2D eigenvalue weighted by Gasteiger charge is 2.08. The van der Waals surface area contributed by atoms with Gasteiger partial charge in [-0.25, -0.2) is 0 Å². The Morgan fingerprint density at radius 2 is 1.84 bits per heavy atom. The van der Waals surface area contributed by atoms with Crippen LogP contribution in [0.25, 0.3) is 0 Å². The van der Waals surface area contributed by atoms with Gasteiger partial charge in [-0.15, -0.1) is 0 Å². The number of rotatable bonds is 7. The lowest BCUT2D eigenvalue weighted by Crippen LogP contribution is -2.13. The Kier molecular flexibility index (Phi) is 6.57. The number of ether oxygens (including phenoxy) is 1. The number of aryl methyl sites for hydroxylation is 2. The second-order valence-electron chi connectivity index (χ2n) is 5.80. The van der Waals surface area contributed by atoms with Gasteiger partial charge in [0.05, 0.1) is 6.61 Å². The van der Waals surface area contributed by atoms with Crippen LogP contribution in [-0.4, -0.2) is 18.4 Å². The highest BCUT2D eigenvalue weighted by Crippen LogP contribution is 2.21. The summed E-state index contributed by atoms with van der Waals surface area (Å²) in [5.74, 6) is 0.652. The van der Waals surface area contributed by atoms with E-state index in [9.17, 15) is 9.59 Å². The van der Waals surface area contributed by atoms with Crippen molar-refractivity contribution in [2.75, 3.05) is 17.2 Å². The largest absolute Gasteiger partial charge is 0.494 e. The predicted molar refractivity (Wildman–Crippen MR) is 100 cm³/mol. The molecule has 2 N–H and O–H groups in total. The average Bonchev–Trinajstić information content (AvgIpc) is 2.56. The van der Waals surface area contributed by atoms with Crippen LogP contribution in [0.5, 0.6) is 5.75 Å². The van der Waals surface area contributed by atoms with Crippen molar-refractivity contribution in [3.8, 4) is 5.75 Å². The first-order chi connectivity index (χ1) is 12.0. The van der Waals surface area contributed by atoms with Crippen molar-refractivity contribution in [1.82, 2.24) is 0 Å². The lowest BCUT2D eigenvalue weighted by molar-refractivity contribution is -0.116. The van der Waals surface area contributed by atoms with E-state index in [0.717, 1.165) is 28.3 Å². The second kappa shape index (κ2) is 8.87. The summed E-state index contributed by atoms with van der Waals surface area (Å²) in [4.78, 5) is 23.3. The SMILES string of the molecule is CCOc1ccccc1CCC(=O)Nc1ccc(NC(C)=O)c(C)c1. The molecule has 25 heavy (non-hydrogen) atoms. The average molecular weight is 340 g/mol. The van der Waals surface area contributed by atoms with Crippen LogP contribution in [0, 0.1) is 6.92 Å². The third-order valence-electron chi connectivity index (χ3n) is 3.71. The fraction of sp³-hybridized carbons (Fsp3) is 0.300. The summed E-state index contributed by atoms with van der Waals surface area (Å²) in [7, 11) is 0. The van der Waals surface area contributed by atoms with E-state index in [1.54, 1.807) is 12.1 Å². The number of hydrogen-bond acceptors (Lipinski definition) is 3. The molecule has 2 aromatic carbocycles. The van der Waals surface area contributed by atoms with Crippen LogP contribution < -0.4 is 15.4 Å². The minimum Gasteiger partial charge on any atom is -0.494 e. The number of anilines is 2. The van der Waals surface area contributed by atoms with Crippen molar-refractivity contribution >= 4 is 23.2 Å². The van der Waals surface area contributed by atoms with Crippen LogP contribution >= 0.6 is 0 Å². The molecular weight excluding hydrogens is 316 g/mol. The quantitative estimate of drug-likeness (QED) is 0.803. The maximum Gasteiger partial charge on any atom is 0.224 e. The highest BCUT2D eigenvalue weighted by molar-refractivity contribution is 5.93. The zero-order chi connectivity index (χ0) is 18.2. The summed E-state index contributed by atoms with van der Waals surface area (Å²) < 4.78 is 5.58. The minimum atomic E-state index is -0.118. The van der Waals surface area contributed by atoms with Gasteiger partial charge in [-0.05, 0) is 55.7 Å². The van der Waals surface area contributed by atoms with Gasteiger partial charge >= 0.3 is 0 Å². The number of nitrogens with one attached hydrogen (secondary N) is 2. The Bertz CT molecular complexity index is 756. The van der Waals surface area contributed by atoms with Crippen molar-refractivity contribution < 1.29 is 14.3 Å². The third kappa shape index (κ3) is 5.64. The number of benzene rings is 2. The van der Waals surface area contributed by atoms with Gasteiger partial charge in [-0.2, -0.15) is 0 Å². The lowest BCUT2D eigenvalue weighted by atomic mass is 10.1. The van der Waals surface area contributed by atoms with Crippen LogP contribution in [0.2, 0.25) is 0 Å². The van der Waals surface area contributed by atoms with E-state index in [1.807, 2.05) is 44.2 Å². The molecular formula is C20H24N2O3. The summed E-state index contributed by atoms with van der Waals surface area (Å²) in [5, 5.41) is 5.65. The molecule has 0 aromatic heterocycles. The van der Waals surface area contributed by atoms with Crippen LogP contribution in [0.15, 0.2) is 42.5 Å². The van der Waals surface area contributed by atoms with E-state index in [4.69, 9.17) is 4.74 Å². The van der Waals surface area contributed by atoms with Gasteiger partial charge in [0.1, 0.15) is 5.75 Å². The lowest BCUT2D eigenvalue weighted by Gasteiger charge is -2.11. The second-order valence-corrected chi connectivity index (χ2v) is 5.80. The zero-order valence-corrected chi connectivity index (χ0v) is 14.9. The van der Waals surface area contributed by atoms with Crippen molar-refractivity contribution in [3.63, 3.8) is 0 Å². The van der Waals surface area contributed by atoms with Crippen molar-refractivity contribution in [2.45, 2.75) is 33.6 Å². The van der Waals surface area contributed by atoms with E-state index < -0.39 is 0 Å². The van der Waals surface area contributed by atoms with Gasteiger partial charge in [-0.3, -0.25) is 9.59 Å². The van der Waals surface area contributed by atoms with E-state index >= 15 is 0 Å². The maximum absolute atomic E-state index is 12.2. The molecule has 0 saturated heterocycles. The molecule has 0 aliphatic carbocycles. The first kappa shape index (κ1) is 18.5. The Morgan fingerprint density at radius 1 is 1.08 bits per heavy atom. The van der Waals surface area contributed by atoms with Crippen LogP contribution in [0.4, 0.5) is 11.4 Å². The molecule has 0 unspecified atom stereocenters. The van der Waals surface area contributed by atoms with Gasteiger partial charge in [0, 0.05) is 24.7 Å². The van der Waals surface area contributed by atoms with E-state index in [2.05, 4.69) is 10.6 Å². The van der Waals surface area contributed by atoms with Crippen LogP contribution in [0.3, 0.4) is 0 Å². The predicted octanol–water partition coefficient (Wildman–Crippen LogP) is 3.92. The Balaban J connectivity index is 1.94. The molecule has 5 heteroatoms.